The highest BCUT2D eigenvalue weighted by Crippen LogP contribution is 2.27. The zero-order valence-corrected chi connectivity index (χ0v) is 14.4. The molecule has 2 amide bonds. The topological polar surface area (TPSA) is 58.2 Å². The molecule has 1 heterocycles. The molecule has 3 rings (SSSR count). The van der Waals surface area contributed by atoms with Crippen LogP contribution in [0.25, 0.3) is 0 Å². The van der Waals surface area contributed by atoms with E-state index >= 15 is 0 Å². The number of rotatable bonds is 5. The molecular formula is C19H20N2O2S. The first-order valence-electron chi connectivity index (χ1n) is 7.98. The van der Waals surface area contributed by atoms with Crippen molar-refractivity contribution in [1.29, 1.82) is 0 Å². The summed E-state index contributed by atoms with van der Waals surface area (Å²) >= 11 is 1.66. The van der Waals surface area contributed by atoms with Crippen LogP contribution in [-0.4, -0.2) is 18.1 Å². The van der Waals surface area contributed by atoms with Crippen LogP contribution in [0, 0.1) is 5.92 Å². The zero-order valence-electron chi connectivity index (χ0n) is 13.5. The molecule has 0 radical (unpaired) electrons. The number of para-hydroxylation sites is 1. The molecule has 0 saturated heterocycles. The Bertz CT molecular complexity index is 743. The summed E-state index contributed by atoms with van der Waals surface area (Å²) in [7, 11) is 0. The molecule has 1 unspecified atom stereocenters. The van der Waals surface area contributed by atoms with Gasteiger partial charge in [-0.2, -0.15) is 0 Å². The average molecular weight is 340 g/mol. The lowest BCUT2D eigenvalue weighted by molar-refractivity contribution is -0.121. The molecule has 24 heavy (non-hydrogen) atoms. The fourth-order valence-corrected chi connectivity index (χ4v) is 3.26. The second-order valence-corrected chi connectivity index (χ2v) is 6.74. The number of fused-ring (bicyclic) bond motifs is 1. The zero-order chi connectivity index (χ0) is 16.9. The molecule has 0 saturated carbocycles. The van der Waals surface area contributed by atoms with E-state index < -0.39 is 0 Å². The van der Waals surface area contributed by atoms with Crippen molar-refractivity contribution < 1.29 is 9.59 Å². The Labute approximate surface area is 146 Å². The standard InChI is InChI=1S/C19H20N2O2S/c1-24-16-9-7-15(8-10-16)20-18(22)11-6-14-12-13-4-2-3-5-17(13)21-19(14)23/h2-5,7-10,14H,6,11-12H2,1H3,(H,20,22)(H,21,23). The highest BCUT2D eigenvalue weighted by atomic mass is 32.2. The number of hydrogen-bond donors (Lipinski definition) is 2. The number of hydrogen-bond acceptors (Lipinski definition) is 3. The van der Waals surface area contributed by atoms with Crippen molar-refractivity contribution in [3.8, 4) is 0 Å². The first-order valence-corrected chi connectivity index (χ1v) is 9.21. The Hall–Kier alpha value is -2.27. The van der Waals surface area contributed by atoms with Crippen molar-refractivity contribution in [3.05, 3.63) is 54.1 Å². The lowest BCUT2D eigenvalue weighted by atomic mass is 9.89. The summed E-state index contributed by atoms with van der Waals surface area (Å²) < 4.78 is 0. The average Bonchev–Trinajstić information content (AvgIpc) is 2.60. The van der Waals surface area contributed by atoms with Crippen LogP contribution in [0.2, 0.25) is 0 Å². The highest BCUT2D eigenvalue weighted by Gasteiger charge is 2.26. The van der Waals surface area contributed by atoms with E-state index in [9.17, 15) is 9.59 Å². The van der Waals surface area contributed by atoms with Gasteiger partial charge in [0.1, 0.15) is 0 Å². The Morgan fingerprint density at radius 1 is 1.21 bits per heavy atom. The van der Waals surface area contributed by atoms with Crippen LogP contribution in [-0.2, 0) is 16.0 Å². The second-order valence-electron chi connectivity index (χ2n) is 5.86. The van der Waals surface area contributed by atoms with Crippen molar-refractivity contribution in [2.75, 3.05) is 16.9 Å². The van der Waals surface area contributed by atoms with Crippen LogP contribution in [0.4, 0.5) is 11.4 Å². The van der Waals surface area contributed by atoms with Crippen LogP contribution in [0.15, 0.2) is 53.4 Å². The van der Waals surface area contributed by atoms with Crippen molar-refractivity contribution in [2.24, 2.45) is 5.92 Å². The molecule has 0 aliphatic carbocycles. The van der Waals surface area contributed by atoms with E-state index in [4.69, 9.17) is 0 Å². The van der Waals surface area contributed by atoms with Gasteiger partial charge >= 0.3 is 0 Å². The number of amides is 2. The molecule has 124 valence electrons. The van der Waals surface area contributed by atoms with Gasteiger partial charge in [0, 0.05) is 28.6 Å². The maximum atomic E-state index is 12.2. The Balaban J connectivity index is 1.53. The van der Waals surface area contributed by atoms with Gasteiger partial charge in [0.25, 0.3) is 0 Å². The van der Waals surface area contributed by atoms with Crippen LogP contribution < -0.4 is 10.6 Å². The van der Waals surface area contributed by atoms with Gasteiger partial charge in [-0.1, -0.05) is 18.2 Å². The Morgan fingerprint density at radius 2 is 1.96 bits per heavy atom. The molecule has 2 aromatic carbocycles. The summed E-state index contributed by atoms with van der Waals surface area (Å²) in [6.07, 6.45) is 3.60. The van der Waals surface area contributed by atoms with E-state index in [0.717, 1.165) is 21.8 Å². The highest BCUT2D eigenvalue weighted by molar-refractivity contribution is 7.98. The molecule has 2 N–H and O–H groups in total. The summed E-state index contributed by atoms with van der Waals surface area (Å²) in [6.45, 7) is 0. The van der Waals surface area contributed by atoms with Gasteiger partial charge in [0.2, 0.25) is 11.8 Å². The minimum atomic E-state index is -0.149. The van der Waals surface area contributed by atoms with Crippen molar-refractivity contribution >= 4 is 35.0 Å². The van der Waals surface area contributed by atoms with Crippen LogP contribution in [0.3, 0.4) is 0 Å². The molecule has 1 aliphatic heterocycles. The normalized spacial score (nSPS) is 16.2. The van der Waals surface area contributed by atoms with E-state index in [1.54, 1.807) is 11.8 Å². The quantitative estimate of drug-likeness (QED) is 0.811. The Kier molecular flexibility index (Phi) is 5.20. The number of carbonyl (C=O) groups excluding carboxylic acids is 2. The molecule has 2 aromatic rings. The van der Waals surface area contributed by atoms with Crippen LogP contribution in [0.5, 0.6) is 0 Å². The molecule has 0 aromatic heterocycles. The molecule has 4 nitrogen and oxygen atoms in total. The van der Waals surface area contributed by atoms with Gasteiger partial charge in [-0.05, 0) is 55.0 Å². The van der Waals surface area contributed by atoms with Gasteiger partial charge in [-0.3, -0.25) is 9.59 Å². The van der Waals surface area contributed by atoms with Gasteiger partial charge in [0.15, 0.2) is 0 Å². The van der Waals surface area contributed by atoms with Gasteiger partial charge < -0.3 is 10.6 Å². The van der Waals surface area contributed by atoms with E-state index in [-0.39, 0.29) is 17.7 Å². The van der Waals surface area contributed by atoms with Crippen LogP contribution >= 0.6 is 11.8 Å². The predicted molar refractivity (Wildman–Crippen MR) is 98.4 cm³/mol. The van der Waals surface area contributed by atoms with Crippen molar-refractivity contribution in [2.45, 2.75) is 24.2 Å². The first-order chi connectivity index (χ1) is 11.7. The second kappa shape index (κ2) is 7.53. The molecule has 0 bridgehead atoms. The summed E-state index contributed by atoms with van der Waals surface area (Å²) in [5.74, 6) is -0.200. The third kappa shape index (κ3) is 3.97. The smallest absolute Gasteiger partial charge is 0.227 e. The first kappa shape index (κ1) is 16.6. The van der Waals surface area contributed by atoms with Gasteiger partial charge in [0.05, 0.1) is 0 Å². The van der Waals surface area contributed by atoms with Gasteiger partial charge in [-0.15, -0.1) is 11.8 Å². The summed E-state index contributed by atoms with van der Waals surface area (Å²) in [5.41, 5.74) is 2.81. The van der Waals surface area contributed by atoms with Crippen LogP contribution in [0.1, 0.15) is 18.4 Å². The summed E-state index contributed by atoms with van der Waals surface area (Å²) in [6, 6.07) is 15.6. The maximum Gasteiger partial charge on any atom is 0.227 e. The number of carbonyl (C=O) groups is 2. The predicted octanol–water partition coefficient (Wildman–Crippen LogP) is 3.94. The lowest BCUT2D eigenvalue weighted by Crippen LogP contribution is -2.30. The van der Waals surface area contributed by atoms with Gasteiger partial charge in [-0.25, -0.2) is 0 Å². The van der Waals surface area contributed by atoms with E-state index in [1.165, 1.54) is 0 Å². The summed E-state index contributed by atoms with van der Waals surface area (Å²) in [5, 5.41) is 5.81. The number of thioether (sulfide) groups is 1. The fraction of sp³-hybridized carbons (Fsp3) is 0.263. The number of benzene rings is 2. The SMILES string of the molecule is CSc1ccc(NC(=O)CCC2Cc3ccccc3NC2=O)cc1. The maximum absolute atomic E-state index is 12.2. The van der Waals surface area contributed by atoms with E-state index in [1.807, 2.05) is 54.8 Å². The third-order valence-corrected chi connectivity index (χ3v) is 4.95. The largest absolute Gasteiger partial charge is 0.326 e. The van der Waals surface area contributed by atoms with E-state index in [2.05, 4.69) is 10.6 Å². The Morgan fingerprint density at radius 3 is 2.71 bits per heavy atom. The molecule has 1 atom stereocenters. The molecule has 0 fully saturated rings. The molecule has 5 heteroatoms. The lowest BCUT2D eigenvalue weighted by Gasteiger charge is -2.24. The van der Waals surface area contributed by atoms with Crippen molar-refractivity contribution in [1.82, 2.24) is 0 Å². The van der Waals surface area contributed by atoms with Crippen molar-refractivity contribution in [3.63, 3.8) is 0 Å². The monoisotopic (exact) mass is 340 g/mol. The third-order valence-electron chi connectivity index (χ3n) is 4.21. The fourth-order valence-electron chi connectivity index (χ4n) is 2.85. The number of anilines is 2. The molecular weight excluding hydrogens is 320 g/mol. The molecule has 1 aliphatic rings. The number of nitrogens with one attached hydrogen (secondary N) is 2. The minimum Gasteiger partial charge on any atom is -0.326 e. The summed E-state index contributed by atoms with van der Waals surface area (Å²) in [4.78, 5) is 25.4. The molecule has 0 spiro atoms. The minimum absolute atomic E-state index is 0.00539. The van der Waals surface area contributed by atoms with E-state index in [0.29, 0.717) is 19.3 Å².